The lowest BCUT2D eigenvalue weighted by molar-refractivity contribution is 0.0687. The first-order valence-corrected chi connectivity index (χ1v) is 6.97. The summed E-state index contributed by atoms with van der Waals surface area (Å²) in [7, 11) is 0. The van der Waals surface area contributed by atoms with Gasteiger partial charge in [0.05, 0.1) is 5.56 Å². The Bertz CT molecular complexity index is 583. The van der Waals surface area contributed by atoms with Gasteiger partial charge in [0.25, 0.3) is 5.91 Å². The minimum absolute atomic E-state index is 0.0555. The lowest BCUT2D eigenvalue weighted by Crippen LogP contribution is -2.36. The molecule has 0 radical (unpaired) electrons. The van der Waals surface area contributed by atoms with Crippen LogP contribution < -0.4 is 0 Å². The fourth-order valence-electron chi connectivity index (χ4n) is 2.36. The number of pyridine rings is 1. The van der Waals surface area contributed by atoms with E-state index in [0.717, 1.165) is 6.42 Å². The highest BCUT2D eigenvalue weighted by atomic mass is 16.4. The van der Waals surface area contributed by atoms with Gasteiger partial charge in [0.1, 0.15) is 5.69 Å². The van der Waals surface area contributed by atoms with E-state index in [4.69, 9.17) is 5.11 Å². The van der Waals surface area contributed by atoms with Crippen molar-refractivity contribution < 1.29 is 14.7 Å². The molecule has 0 aliphatic carbocycles. The summed E-state index contributed by atoms with van der Waals surface area (Å²) >= 11 is 0. The molecule has 0 saturated carbocycles. The van der Waals surface area contributed by atoms with Gasteiger partial charge in [-0.2, -0.15) is 0 Å². The first kappa shape index (κ1) is 15.2. The molecule has 1 aliphatic heterocycles. The number of aromatic nitrogens is 1. The van der Waals surface area contributed by atoms with Gasteiger partial charge in [0.2, 0.25) is 0 Å². The molecule has 1 aromatic rings. The van der Waals surface area contributed by atoms with Crippen LogP contribution in [0.4, 0.5) is 0 Å². The third-order valence-electron chi connectivity index (χ3n) is 3.69. The number of carbonyl (C=O) groups excluding carboxylic acids is 1. The highest BCUT2D eigenvalue weighted by molar-refractivity contribution is 5.95. The van der Waals surface area contributed by atoms with Crippen LogP contribution in [-0.4, -0.2) is 40.0 Å². The van der Waals surface area contributed by atoms with E-state index < -0.39 is 5.97 Å². The molecular formula is C16H20N2O3. The minimum atomic E-state index is -1.09. The summed E-state index contributed by atoms with van der Waals surface area (Å²) in [5.41, 5.74) is 1.87. The van der Waals surface area contributed by atoms with Crippen molar-refractivity contribution in [3.8, 4) is 0 Å². The molecule has 0 fully saturated rings. The maximum absolute atomic E-state index is 12.3. The van der Waals surface area contributed by atoms with Crippen LogP contribution in [0, 0.1) is 5.41 Å². The SMILES string of the molecule is CC(C)(C)C1=CCN(C(=O)c2ccc(C(=O)O)nc2)CC1. The van der Waals surface area contributed by atoms with Gasteiger partial charge in [-0.05, 0) is 24.0 Å². The Kier molecular flexibility index (Phi) is 4.11. The number of aromatic carboxylic acids is 1. The van der Waals surface area contributed by atoms with Crippen molar-refractivity contribution in [1.82, 2.24) is 9.88 Å². The summed E-state index contributed by atoms with van der Waals surface area (Å²) in [6.07, 6.45) is 4.31. The second-order valence-electron chi connectivity index (χ2n) is 6.22. The normalized spacial score (nSPS) is 15.6. The molecule has 5 nitrogen and oxygen atoms in total. The molecule has 5 heteroatoms. The molecule has 112 valence electrons. The van der Waals surface area contributed by atoms with Crippen LogP contribution in [-0.2, 0) is 0 Å². The summed E-state index contributed by atoms with van der Waals surface area (Å²) < 4.78 is 0. The quantitative estimate of drug-likeness (QED) is 0.849. The standard InChI is InChI=1S/C16H20N2O3/c1-16(2,3)12-6-8-18(9-7-12)14(19)11-4-5-13(15(20)21)17-10-11/h4-6,10H,7-9H2,1-3H3,(H,20,21). The highest BCUT2D eigenvalue weighted by Crippen LogP contribution is 2.30. The zero-order valence-corrected chi connectivity index (χ0v) is 12.6. The van der Waals surface area contributed by atoms with Crippen LogP contribution in [0.3, 0.4) is 0 Å². The predicted molar refractivity (Wildman–Crippen MR) is 79.3 cm³/mol. The maximum Gasteiger partial charge on any atom is 0.354 e. The van der Waals surface area contributed by atoms with Gasteiger partial charge in [0.15, 0.2) is 0 Å². The zero-order valence-electron chi connectivity index (χ0n) is 12.6. The van der Waals surface area contributed by atoms with Gasteiger partial charge in [-0.3, -0.25) is 4.79 Å². The van der Waals surface area contributed by atoms with E-state index in [9.17, 15) is 9.59 Å². The Morgan fingerprint density at radius 1 is 1.29 bits per heavy atom. The molecule has 0 saturated heterocycles. The highest BCUT2D eigenvalue weighted by Gasteiger charge is 2.24. The van der Waals surface area contributed by atoms with Crippen LogP contribution >= 0.6 is 0 Å². The van der Waals surface area contributed by atoms with E-state index >= 15 is 0 Å². The van der Waals surface area contributed by atoms with Gasteiger partial charge in [-0.25, -0.2) is 9.78 Å². The van der Waals surface area contributed by atoms with Crippen LogP contribution in [0.15, 0.2) is 30.0 Å². The molecule has 1 N–H and O–H groups in total. The van der Waals surface area contributed by atoms with Crippen LogP contribution in [0.1, 0.15) is 48.0 Å². The summed E-state index contributed by atoms with van der Waals surface area (Å²) in [5.74, 6) is -1.20. The molecular weight excluding hydrogens is 268 g/mol. The number of hydrogen-bond acceptors (Lipinski definition) is 3. The number of carboxylic acids is 1. The number of hydrogen-bond donors (Lipinski definition) is 1. The summed E-state index contributed by atoms with van der Waals surface area (Å²) in [5, 5.41) is 8.80. The van der Waals surface area contributed by atoms with Crippen molar-refractivity contribution in [1.29, 1.82) is 0 Å². The van der Waals surface area contributed by atoms with Gasteiger partial charge >= 0.3 is 5.97 Å². The lowest BCUT2D eigenvalue weighted by Gasteiger charge is -2.32. The molecule has 1 amide bonds. The van der Waals surface area contributed by atoms with Gasteiger partial charge in [-0.1, -0.05) is 32.4 Å². The molecule has 1 aliphatic rings. The predicted octanol–water partition coefficient (Wildman–Crippen LogP) is 2.60. The van der Waals surface area contributed by atoms with Crippen LogP contribution in [0.5, 0.6) is 0 Å². The van der Waals surface area contributed by atoms with Crippen molar-refractivity contribution in [3.63, 3.8) is 0 Å². The largest absolute Gasteiger partial charge is 0.477 e. The molecule has 0 bridgehead atoms. The zero-order chi connectivity index (χ0) is 15.6. The monoisotopic (exact) mass is 288 g/mol. The Labute approximate surface area is 124 Å². The van der Waals surface area contributed by atoms with Crippen molar-refractivity contribution in [2.24, 2.45) is 5.41 Å². The smallest absolute Gasteiger partial charge is 0.354 e. The van der Waals surface area contributed by atoms with Crippen LogP contribution in [0.2, 0.25) is 0 Å². The third kappa shape index (κ3) is 3.48. The fraction of sp³-hybridized carbons (Fsp3) is 0.438. The number of amides is 1. The van der Waals surface area contributed by atoms with E-state index in [1.54, 1.807) is 4.90 Å². The summed E-state index contributed by atoms with van der Waals surface area (Å²) in [6, 6.07) is 2.87. The summed E-state index contributed by atoms with van der Waals surface area (Å²) in [4.78, 5) is 28.6. The van der Waals surface area contributed by atoms with Crippen molar-refractivity contribution in [2.75, 3.05) is 13.1 Å². The average Bonchev–Trinajstić information content (AvgIpc) is 2.46. The Morgan fingerprint density at radius 2 is 2.00 bits per heavy atom. The lowest BCUT2D eigenvalue weighted by atomic mass is 9.83. The molecule has 2 heterocycles. The van der Waals surface area contributed by atoms with E-state index in [0.29, 0.717) is 18.7 Å². The fourth-order valence-corrected chi connectivity index (χ4v) is 2.36. The first-order chi connectivity index (χ1) is 9.79. The van der Waals surface area contributed by atoms with Gasteiger partial charge in [0, 0.05) is 19.3 Å². The van der Waals surface area contributed by atoms with Crippen molar-refractivity contribution in [3.05, 3.63) is 41.2 Å². The topological polar surface area (TPSA) is 70.5 Å². The first-order valence-electron chi connectivity index (χ1n) is 6.97. The number of carboxylic acid groups (broad SMARTS) is 1. The van der Waals surface area contributed by atoms with Gasteiger partial charge in [-0.15, -0.1) is 0 Å². The molecule has 0 atom stereocenters. The third-order valence-corrected chi connectivity index (χ3v) is 3.69. The molecule has 0 aromatic carbocycles. The van der Waals surface area contributed by atoms with Crippen LogP contribution in [0.25, 0.3) is 0 Å². The Hall–Kier alpha value is -2.17. The maximum atomic E-state index is 12.3. The number of nitrogens with zero attached hydrogens (tertiary/aromatic N) is 2. The number of rotatable bonds is 2. The molecule has 0 unspecified atom stereocenters. The summed E-state index contributed by atoms with van der Waals surface area (Å²) in [6.45, 7) is 7.79. The van der Waals surface area contributed by atoms with Crippen molar-refractivity contribution >= 4 is 11.9 Å². The second-order valence-corrected chi connectivity index (χ2v) is 6.22. The average molecular weight is 288 g/mol. The van der Waals surface area contributed by atoms with E-state index in [2.05, 4.69) is 31.8 Å². The van der Waals surface area contributed by atoms with E-state index in [1.165, 1.54) is 23.9 Å². The Balaban J connectivity index is 2.08. The molecule has 0 spiro atoms. The van der Waals surface area contributed by atoms with Crippen molar-refractivity contribution in [2.45, 2.75) is 27.2 Å². The van der Waals surface area contributed by atoms with E-state index in [1.807, 2.05) is 0 Å². The molecule has 21 heavy (non-hydrogen) atoms. The Morgan fingerprint density at radius 3 is 2.43 bits per heavy atom. The number of carbonyl (C=O) groups is 2. The minimum Gasteiger partial charge on any atom is -0.477 e. The van der Waals surface area contributed by atoms with Gasteiger partial charge < -0.3 is 10.0 Å². The molecule has 1 aromatic heterocycles. The van der Waals surface area contributed by atoms with E-state index in [-0.39, 0.29) is 17.0 Å². The second kappa shape index (κ2) is 5.68. The molecule has 2 rings (SSSR count).